The molecule has 0 unspecified atom stereocenters. The second-order valence-corrected chi connectivity index (χ2v) is 4.95. The molecule has 0 spiro atoms. The lowest BCUT2D eigenvalue weighted by Crippen LogP contribution is -2.29. The number of methoxy groups -OCH3 is 1. The van der Waals surface area contributed by atoms with Crippen LogP contribution in [0.15, 0.2) is 42.6 Å². The molecule has 1 aromatic carbocycles. The van der Waals surface area contributed by atoms with E-state index in [-0.39, 0.29) is 0 Å². The van der Waals surface area contributed by atoms with Crippen LogP contribution in [0, 0.1) is 0 Å². The maximum absolute atomic E-state index is 11.5. The van der Waals surface area contributed by atoms with E-state index < -0.39 is 12.0 Å². The van der Waals surface area contributed by atoms with Crippen molar-refractivity contribution < 1.29 is 14.6 Å². The number of hydrogen-bond donors (Lipinski definition) is 2. The van der Waals surface area contributed by atoms with Crippen molar-refractivity contribution in [3.63, 3.8) is 0 Å². The van der Waals surface area contributed by atoms with Gasteiger partial charge in [0.15, 0.2) is 0 Å². The Morgan fingerprint density at radius 2 is 2.14 bits per heavy atom. The minimum atomic E-state index is -0.892. The highest BCUT2D eigenvalue weighted by Gasteiger charge is 2.19. The van der Waals surface area contributed by atoms with Gasteiger partial charge in [0.2, 0.25) is 0 Å². The highest BCUT2D eigenvalue weighted by Crippen LogP contribution is 2.13. The van der Waals surface area contributed by atoms with E-state index in [0.29, 0.717) is 13.2 Å². The number of rotatable bonds is 9. The molecule has 22 heavy (non-hydrogen) atoms. The van der Waals surface area contributed by atoms with Crippen molar-refractivity contribution in [3.05, 3.63) is 53.9 Å². The van der Waals surface area contributed by atoms with Gasteiger partial charge in [-0.05, 0) is 18.1 Å². The van der Waals surface area contributed by atoms with Crippen molar-refractivity contribution >= 4 is 5.97 Å². The summed E-state index contributed by atoms with van der Waals surface area (Å²) in [6.07, 6.45) is 2.59. The second-order valence-electron chi connectivity index (χ2n) is 4.95. The van der Waals surface area contributed by atoms with Crippen molar-refractivity contribution in [2.75, 3.05) is 13.7 Å². The quantitative estimate of drug-likeness (QED) is 0.691. The Labute approximate surface area is 129 Å². The van der Waals surface area contributed by atoms with Crippen LogP contribution in [0.5, 0.6) is 0 Å². The monoisotopic (exact) mass is 303 g/mol. The Hall–Kier alpha value is -2.18. The zero-order valence-electron chi connectivity index (χ0n) is 12.6. The Morgan fingerprint density at radius 1 is 1.36 bits per heavy atom. The molecule has 2 rings (SSSR count). The molecule has 0 radical (unpaired) electrons. The number of ether oxygens (including phenoxy) is 1. The average molecular weight is 303 g/mol. The van der Waals surface area contributed by atoms with E-state index in [9.17, 15) is 9.90 Å². The molecule has 6 heteroatoms. The van der Waals surface area contributed by atoms with E-state index in [1.807, 2.05) is 41.1 Å². The van der Waals surface area contributed by atoms with Crippen LogP contribution in [0.25, 0.3) is 0 Å². The minimum absolute atomic E-state index is 0.443. The standard InChI is InChI=1S/C16H21N3O3/c1-22-11-5-10-19-14(8-9-18-19)12-17-15(16(20)21)13-6-3-2-4-7-13/h2-4,6-9,15,17H,5,10-12H2,1H3,(H,20,21)/t15-/m1/s1. The highest BCUT2D eigenvalue weighted by atomic mass is 16.5. The molecular formula is C16H21N3O3. The van der Waals surface area contributed by atoms with Gasteiger partial charge in [-0.1, -0.05) is 30.3 Å². The topological polar surface area (TPSA) is 76.4 Å². The lowest BCUT2D eigenvalue weighted by Gasteiger charge is -2.15. The van der Waals surface area contributed by atoms with Gasteiger partial charge in [0.05, 0.1) is 5.69 Å². The number of carbonyl (C=O) groups is 1. The number of aliphatic carboxylic acids is 1. The van der Waals surface area contributed by atoms with E-state index in [4.69, 9.17) is 4.74 Å². The molecule has 6 nitrogen and oxygen atoms in total. The molecule has 0 amide bonds. The molecule has 0 aliphatic carbocycles. The molecule has 0 saturated carbocycles. The van der Waals surface area contributed by atoms with Crippen molar-refractivity contribution in [3.8, 4) is 0 Å². The number of nitrogens with one attached hydrogen (secondary N) is 1. The molecule has 0 saturated heterocycles. The minimum Gasteiger partial charge on any atom is -0.480 e. The summed E-state index contributed by atoms with van der Waals surface area (Å²) in [6, 6.07) is 10.3. The normalized spacial score (nSPS) is 12.2. The number of hydrogen-bond acceptors (Lipinski definition) is 4. The zero-order chi connectivity index (χ0) is 15.8. The molecule has 2 N–H and O–H groups in total. The first-order chi connectivity index (χ1) is 10.7. The number of benzene rings is 1. The number of nitrogens with zero attached hydrogens (tertiary/aromatic N) is 2. The van der Waals surface area contributed by atoms with Crippen LogP contribution < -0.4 is 5.32 Å². The van der Waals surface area contributed by atoms with Gasteiger partial charge in [0.25, 0.3) is 0 Å². The molecule has 1 heterocycles. The number of carboxylic acids is 1. The zero-order valence-corrected chi connectivity index (χ0v) is 12.6. The first-order valence-corrected chi connectivity index (χ1v) is 7.23. The third-order valence-corrected chi connectivity index (χ3v) is 3.39. The van der Waals surface area contributed by atoms with Crippen LogP contribution in [0.4, 0.5) is 0 Å². The summed E-state index contributed by atoms with van der Waals surface area (Å²) in [5.74, 6) is -0.892. The molecule has 0 bridgehead atoms. The lowest BCUT2D eigenvalue weighted by atomic mass is 10.1. The van der Waals surface area contributed by atoms with Crippen LogP contribution in [-0.2, 0) is 22.6 Å². The van der Waals surface area contributed by atoms with Gasteiger partial charge >= 0.3 is 5.97 Å². The Bertz CT molecular complexity index is 583. The Balaban J connectivity index is 1.98. The first kappa shape index (κ1) is 16.2. The van der Waals surface area contributed by atoms with Crippen LogP contribution in [0.1, 0.15) is 23.7 Å². The first-order valence-electron chi connectivity index (χ1n) is 7.23. The molecular weight excluding hydrogens is 282 g/mol. The van der Waals surface area contributed by atoms with E-state index >= 15 is 0 Å². The smallest absolute Gasteiger partial charge is 0.325 e. The summed E-state index contributed by atoms with van der Waals surface area (Å²) < 4.78 is 6.90. The van der Waals surface area contributed by atoms with E-state index in [1.165, 1.54) is 0 Å². The average Bonchev–Trinajstić information content (AvgIpc) is 2.96. The fourth-order valence-corrected chi connectivity index (χ4v) is 2.27. The van der Waals surface area contributed by atoms with E-state index in [1.54, 1.807) is 13.3 Å². The van der Waals surface area contributed by atoms with Crippen LogP contribution in [-0.4, -0.2) is 34.6 Å². The predicted molar refractivity (Wildman–Crippen MR) is 82.4 cm³/mol. The van der Waals surface area contributed by atoms with Gasteiger partial charge in [-0.3, -0.25) is 14.8 Å². The van der Waals surface area contributed by atoms with Gasteiger partial charge in [-0.15, -0.1) is 0 Å². The summed E-state index contributed by atoms with van der Waals surface area (Å²) in [5.41, 5.74) is 1.69. The summed E-state index contributed by atoms with van der Waals surface area (Å²) >= 11 is 0. The number of aromatic nitrogens is 2. The Morgan fingerprint density at radius 3 is 2.82 bits per heavy atom. The number of aryl methyl sites for hydroxylation is 1. The number of carboxylic acid groups (broad SMARTS) is 1. The van der Waals surface area contributed by atoms with Gasteiger partial charge < -0.3 is 9.84 Å². The van der Waals surface area contributed by atoms with Crippen LogP contribution >= 0.6 is 0 Å². The second kappa shape index (κ2) is 8.31. The van der Waals surface area contributed by atoms with Crippen molar-refractivity contribution in [2.45, 2.75) is 25.6 Å². The van der Waals surface area contributed by atoms with Crippen molar-refractivity contribution in [1.29, 1.82) is 0 Å². The molecule has 0 aliphatic heterocycles. The molecule has 0 aliphatic rings. The molecule has 1 aromatic heterocycles. The summed E-state index contributed by atoms with van der Waals surface area (Å²) in [5, 5.41) is 16.7. The molecule has 2 aromatic rings. The van der Waals surface area contributed by atoms with Crippen molar-refractivity contribution in [1.82, 2.24) is 15.1 Å². The maximum Gasteiger partial charge on any atom is 0.325 e. The lowest BCUT2D eigenvalue weighted by molar-refractivity contribution is -0.139. The van der Waals surface area contributed by atoms with Crippen LogP contribution in [0.2, 0.25) is 0 Å². The third kappa shape index (κ3) is 4.41. The molecule has 118 valence electrons. The van der Waals surface area contributed by atoms with Gasteiger partial charge in [-0.2, -0.15) is 5.10 Å². The third-order valence-electron chi connectivity index (χ3n) is 3.39. The van der Waals surface area contributed by atoms with E-state index in [2.05, 4.69) is 10.4 Å². The fourth-order valence-electron chi connectivity index (χ4n) is 2.27. The molecule has 0 fully saturated rings. The highest BCUT2D eigenvalue weighted by molar-refractivity contribution is 5.75. The summed E-state index contributed by atoms with van der Waals surface area (Å²) in [4.78, 5) is 11.5. The largest absolute Gasteiger partial charge is 0.480 e. The Kier molecular flexibility index (Phi) is 6.12. The summed E-state index contributed by atoms with van der Waals surface area (Å²) in [6.45, 7) is 1.87. The van der Waals surface area contributed by atoms with Gasteiger partial charge in [0, 0.05) is 33.0 Å². The summed E-state index contributed by atoms with van der Waals surface area (Å²) in [7, 11) is 1.67. The predicted octanol–water partition coefficient (Wildman–Crippen LogP) is 1.84. The van der Waals surface area contributed by atoms with E-state index in [0.717, 1.165) is 24.2 Å². The van der Waals surface area contributed by atoms with Crippen LogP contribution in [0.3, 0.4) is 0 Å². The van der Waals surface area contributed by atoms with Gasteiger partial charge in [-0.25, -0.2) is 0 Å². The fraction of sp³-hybridized carbons (Fsp3) is 0.375. The maximum atomic E-state index is 11.5. The van der Waals surface area contributed by atoms with Gasteiger partial charge in [0.1, 0.15) is 6.04 Å². The van der Waals surface area contributed by atoms with Crippen molar-refractivity contribution in [2.24, 2.45) is 0 Å². The molecule has 1 atom stereocenters. The SMILES string of the molecule is COCCCn1nccc1CN[C@@H](C(=O)O)c1ccccc1.